The van der Waals surface area contributed by atoms with Gasteiger partial charge in [0, 0.05) is 36.1 Å². The van der Waals surface area contributed by atoms with Crippen molar-refractivity contribution < 1.29 is 36.3 Å². The van der Waals surface area contributed by atoms with Crippen LogP contribution in [-0.2, 0) is 21.2 Å². The monoisotopic (exact) mass is 602 g/mol. The van der Waals surface area contributed by atoms with Crippen LogP contribution in [0, 0.1) is 0 Å². The van der Waals surface area contributed by atoms with Gasteiger partial charge in [-0.15, -0.1) is 11.3 Å². The van der Waals surface area contributed by atoms with Crippen LogP contribution < -0.4 is 5.73 Å². The Bertz CT molecular complexity index is 1460. The molecule has 0 saturated carbocycles. The number of alkyl halides is 3. The van der Waals surface area contributed by atoms with Gasteiger partial charge in [0.2, 0.25) is 10.0 Å². The smallest absolute Gasteiger partial charge is 0.475 e. The van der Waals surface area contributed by atoms with Crippen molar-refractivity contribution in [3.8, 4) is 11.1 Å². The number of amides is 1. The number of aliphatic carboxylic acids is 1. The number of hydrogen-bond donors (Lipinski definition) is 3. The van der Waals surface area contributed by atoms with Crippen molar-refractivity contribution in [1.29, 1.82) is 0 Å². The normalized spacial score (nSPS) is 15.3. The Morgan fingerprint density at radius 1 is 1.18 bits per heavy atom. The van der Waals surface area contributed by atoms with E-state index in [0.29, 0.717) is 18.7 Å². The first-order valence-corrected chi connectivity index (χ1v) is 15.1. The Labute approximate surface area is 234 Å². The summed E-state index contributed by atoms with van der Waals surface area (Å²) in [5.74, 6) is -2.85. The fourth-order valence-electron chi connectivity index (χ4n) is 4.58. The zero-order valence-corrected chi connectivity index (χ0v) is 24.0. The number of nitrogens with two attached hydrogens (primary N) is 1. The predicted molar refractivity (Wildman–Crippen MR) is 149 cm³/mol. The third kappa shape index (κ3) is 7.62. The van der Waals surface area contributed by atoms with Gasteiger partial charge in [-0.1, -0.05) is 0 Å². The molecule has 0 spiro atoms. The number of rotatable bonds is 8. The van der Waals surface area contributed by atoms with Crippen molar-refractivity contribution >= 4 is 44.1 Å². The molecule has 0 atom stereocenters. The minimum atomic E-state index is -5.08. The highest BCUT2D eigenvalue weighted by Gasteiger charge is 2.38. The van der Waals surface area contributed by atoms with Crippen molar-refractivity contribution in [2.45, 2.75) is 38.3 Å². The van der Waals surface area contributed by atoms with E-state index in [-0.39, 0.29) is 11.7 Å². The summed E-state index contributed by atoms with van der Waals surface area (Å²) in [6, 6.07) is 6.21. The highest BCUT2D eigenvalue weighted by molar-refractivity contribution is 7.89. The molecule has 3 aromatic rings. The minimum absolute atomic E-state index is 0.132. The number of sulfonamides is 1. The Hall–Kier alpha value is -2.94. The molecule has 40 heavy (non-hydrogen) atoms. The van der Waals surface area contributed by atoms with Crippen molar-refractivity contribution in [2.75, 3.05) is 39.5 Å². The number of thiophene rings is 1. The second kappa shape index (κ2) is 12.7. The summed E-state index contributed by atoms with van der Waals surface area (Å²) in [4.78, 5) is 27.9. The third-order valence-corrected chi connectivity index (χ3v) is 9.65. The number of H-pyrrole nitrogens is 1. The van der Waals surface area contributed by atoms with Gasteiger partial charge < -0.3 is 20.7 Å². The first-order valence-electron chi connectivity index (χ1n) is 12.6. The summed E-state index contributed by atoms with van der Waals surface area (Å²) < 4.78 is 57.8. The minimum Gasteiger partial charge on any atom is -0.475 e. The maximum atomic E-state index is 12.3. The van der Waals surface area contributed by atoms with E-state index in [4.69, 9.17) is 15.6 Å². The highest BCUT2D eigenvalue weighted by Crippen LogP contribution is 2.38. The lowest BCUT2D eigenvalue weighted by Gasteiger charge is -2.31. The molecule has 220 valence electrons. The molecule has 0 radical (unpaired) electrons. The summed E-state index contributed by atoms with van der Waals surface area (Å²) in [6.07, 6.45) is -0.617. The number of benzene rings is 1. The van der Waals surface area contributed by atoms with Crippen LogP contribution in [0.5, 0.6) is 0 Å². The zero-order chi connectivity index (χ0) is 29.8. The topological polar surface area (TPSA) is 137 Å². The number of piperidine rings is 1. The van der Waals surface area contributed by atoms with Gasteiger partial charge in [0.15, 0.2) is 0 Å². The van der Waals surface area contributed by atoms with E-state index in [2.05, 4.69) is 41.5 Å². The fourth-order valence-corrected chi connectivity index (χ4v) is 6.60. The summed E-state index contributed by atoms with van der Waals surface area (Å²) in [5.41, 5.74) is 10.2. The number of carboxylic acid groups (broad SMARTS) is 1. The van der Waals surface area contributed by atoms with Crippen LogP contribution >= 0.6 is 11.3 Å². The number of halogens is 3. The molecule has 4 rings (SSSR count). The standard InChI is InChI=1S/C24H32N4O3S2.C2HF3O2/c1-4-33(30,31)28-9-5-16(6-10-28)22-14-26-23-20(22)12-17(13-21(23)24(25)29)18-11-19(32-15-18)7-8-27(2)3;3-2(4,5)1(6)7/h11-16,26H,4-10H2,1-3H3,(H2,25,29);(H,6,7). The first-order chi connectivity index (χ1) is 18.6. The van der Waals surface area contributed by atoms with E-state index < -0.39 is 28.1 Å². The first kappa shape index (κ1) is 31.6. The summed E-state index contributed by atoms with van der Waals surface area (Å²) >= 11 is 1.73. The molecular formula is C26H33F3N4O5S2. The van der Waals surface area contributed by atoms with Gasteiger partial charge in [0.25, 0.3) is 5.91 Å². The lowest BCUT2D eigenvalue weighted by atomic mass is 9.88. The predicted octanol–water partition coefficient (Wildman–Crippen LogP) is 4.26. The van der Waals surface area contributed by atoms with Gasteiger partial charge in [-0.25, -0.2) is 17.5 Å². The maximum absolute atomic E-state index is 12.3. The molecule has 3 heterocycles. The Morgan fingerprint density at radius 3 is 2.33 bits per heavy atom. The van der Waals surface area contributed by atoms with Crippen LogP contribution in [0.15, 0.2) is 29.8 Å². The molecule has 1 fully saturated rings. The molecule has 4 N–H and O–H groups in total. The largest absolute Gasteiger partial charge is 0.490 e. The zero-order valence-electron chi connectivity index (χ0n) is 22.4. The molecule has 1 aliphatic rings. The Kier molecular flexibility index (Phi) is 10.0. The van der Waals surface area contributed by atoms with Crippen molar-refractivity contribution in [3.05, 3.63) is 45.8 Å². The van der Waals surface area contributed by atoms with E-state index in [9.17, 15) is 26.4 Å². The van der Waals surface area contributed by atoms with Crippen molar-refractivity contribution in [1.82, 2.24) is 14.2 Å². The summed E-state index contributed by atoms with van der Waals surface area (Å²) in [5, 5.41) is 10.3. The van der Waals surface area contributed by atoms with Crippen LogP contribution in [0.3, 0.4) is 0 Å². The third-order valence-electron chi connectivity index (χ3n) is 6.77. The van der Waals surface area contributed by atoms with Crippen LogP contribution in [0.2, 0.25) is 0 Å². The number of likely N-dealkylation sites (N-methyl/N-ethyl adjacent to an activating group) is 1. The van der Waals surface area contributed by atoms with Gasteiger partial charge in [-0.3, -0.25) is 4.79 Å². The Morgan fingerprint density at radius 2 is 1.80 bits per heavy atom. The van der Waals surface area contributed by atoms with Crippen molar-refractivity contribution in [2.24, 2.45) is 5.73 Å². The average Bonchev–Trinajstić information content (AvgIpc) is 3.54. The summed E-state index contributed by atoms with van der Waals surface area (Å²) in [7, 11) is 0.971. The lowest BCUT2D eigenvalue weighted by Crippen LogP contribution is -2.38. The number of aromatic amines is 1. The molecule has 1 saturated heterocycles. The molecule has 2 aromatic heterocycles. The molecule has 0 unspecified atom stereocenters. The second-order valence-electron chi connectivity index (χ2n) is 9.79. The summed E-state index contributed by atoms with van der Waals surface area (Å²) in [6.45, 7) is 3.72. The number of hydrogen-bond acceptors (Lipinski definition) is 6. The van der Waals surface area contributed by atoms with Crippen LogP contribution in [0.4, 0.5) is 13.2 Å². The molecule has 1 aliphatic heterocycles. The van der Waals surface area contributed by atoms with Gasteiger partial charge in [-0.2, -0.15) is 13.2 Å². The SMILES string of the molecule is CCS(=O)(=O)N1CCC(c2c[nH]c3c(C(N)=O)cc(-c4csc(CCN(C)C)c4)cc23)CC1.O=C(O)C(F)(F)F. The van der Waals surface area contributed by atoms with Crippen LogP contribution in [0.25, 0.3) is 22.0 Å². The van der Waals surface area contributed by atoms with Crippen molar-refractivity contribution in [3.63, 3.8) is 0 Å². The number of carboxylic acids is 1. The van der Waals surface area contributed by atoms with E-state index >= 15 is 0 Å². The number of carbonyl (C=O) groups excluding carboxylic acids is 1. The number of aromatic nitrogens is 1. The fraction of sp³-hybridized carbons (Fsp3) is 0.462. The van der Waals surface area contributed by atoms with Crippen LogP contribution in [0.1, 0.15) is 46.5 Å². The number of carbonyl (C=O) groups is 2. The molecule has 9 nitrogen and oxygen atoms in total. The number of fused-ring (bicyclic) bond motifs is 1. The highest BCUT2D eigenvalue weighted by atomic mass is 32.2. The van der Waals surface area contributed by atoms with E-state index in [1.807, 2.05) is 12.3 Å². The molecular weight excluding hydrogens is 569 g/mol. The van der Waals surface area contributed by atoms with Gasteiger partial charge in [0.05, 0.1) is 16.8 Å². The number of nitrogens with zero attached hydrogens (tertiary/aromatic N) is 2. The maximum Gasteiger partial charge on any atom is 0.490 e. The van der Waals surface area contributed by atoms with Gasteiger partial charge in [-0.05, 0) is 86.5 Å². The molecule has 0 aliphatic carbocycles. The Balaban J connectivity index is 0.000000559. The molecule has 0 bridgehead atoms. The van der Waals surface area contributed by atoms with Crippen LogP contribution in [-0.4, -0.2) is 85.2 Å². The average molecular weight is 603 g/mol. The number of primary amides is 1. The lowest BCUT2D eigenvalue weighted by molar-refractivity contribution is -0.192. The molecule has 1 amide bonds. The van der Waals surface area contributed by atoms with Gasteiger partial charge >= 0.3 is 12.1 Å². The molecule has 1 aromatic carbocycles. The quantitative estimate of drug-likeness (QED) is 0.353. The molecule has 14 heteroatoms. The van der Waals surface area contributed by atoms with E-state index in [0.717, 1.165) is 53.4 Å². The van der Waals surface area contributed by atoms with Gasteiger partial charge in [0.1, 0.15) is 0 Å². The number of nitrogens with one attached hydrogen (secondary N) is 1. The second-order valence-corrected chi connectivity index (χ2v) is 13.0. The van der Waals surface area contributed by atoms with E-state index in [1.54, 1.807) is 22.6 Å². The van der Waals surface area contributed by atoms with E-state index in [1.165, 1.54) is 4.88 Å².